The van der Waals surface area contributed by atoms with Crippen molar-refractivity contribution < 1.29 is 13.9 Å². The number of benzene rings is 1. The van der Waals surface area contributed by atoms with Gasteiger partial charge in [-0.2, -0.15) is 0 Å². The lowest BCUT2D eigenvalue weighted by Gasteiger charge is -2.36. The first-order valence-corrected chi connectivity index (χ1v) is 9.27. The second-order valence-corrected chi connectivity index (χ2v) is 7.04. The summed E-state index contributed by atoms with van der Waals surface area (Å²) in [6.45, 7) is 1.71. The fourth-order valence-corrected chi connectivity index (χ4v) is 3.43. The number of aromatic nitrogens is 1. The number of likely N-dealkylation sites (tertiary alicyclic amines) is 1. The minimum Gasteiger partial charge on any atom is -0.372 e. The van der Waals surface area contributed by atoms with E-state index in [-0.39, 0.29) is 17.8 Å². The Hall–Kier alpha value is -2.31. The molecule has 0 N–H and O–H groups in total. The van der Waals surface area contributed by atoms with Gasteiger partial charge in [0.2, 0.25) is 5.91 Å². The lowest BCUT2D eigenvalue weighted by Crippen LogP contribution is -2.46. The Morgan fingerprint density at radius 1 is 1.22 bits per heavy atom. The van der Waals surface area contributed by atoms with Crippen LogP contribution in [0, 0.1) is 5.82 Å². The van der Waals surface area contributed by atoms with Gasteiger partial charge in [0.15, 0.2) is 0 Å². The van der Waals surface area contributed by atoms with Gasteiger partial charge in [0.25, 0.3) is 0 Å². The third-order valence-corrected chi connectivity index (χ3v) is 4.90. The van der Waals surface area contributed by atoms with Crippen LogP contribution >= 0.6 is 0 Å². The van der Waals surface area contributed by atoms with Crippen molar-refractivity contribution in [2.75, 3.05) is 27.2 Å². The van der Waals surface area contributed by atoms with E-state index in [9.17, 15) is 9.18 Å². The summed E-state index contributed by atoms with van der Waals surface area (Å²) in [4.78, 5) is 20.9. The molecular weight excluding hydrogens is 345 g/mol. The van der Waals surface area contributed by atoms with E-state index in [1.54, 1.807) is 43.4 Å². The highest BCUT2D eigenvalue weighted by Crippen LogP contribution is 2.26. The van der Waals surface area contributed by atoms with Crippen molar-refractivity contribution in [1.29, 1.82) is 0 Å². The summed E-state index contributed by atoms with van der Waals surface area (Å²) in [6, 6.07) is 11.6. The van der Waals surface area contributed by atoms with Crippen LogP contribution in [-0.4, -0.2) is 54.0 Å². The predicted octanol–water partition coefficient (Wildman–Crippen LogP) is 3.03. The first-order valence-electron chi connectivity index (χ1n) is 9.27. The molecule has 1 aliphatic rings. The van der Waals surface area contributed by atoms with Crippen LogP contribution < -0.4 is 0 Å². The maximum Gasteiger partial charge on any atom is 0.244 e. The Kier molecular flexibility index (Phi) is 6.53. The van der Waals surface area contributed by atoms with Crippen molar-refractivity contribution in [3.63, 3.8) is 0 Å². The molecule has 2 heterocycles. The summed E-state index contributed by atoms with van der Waals surface area (Å²) in [7, 11) is 3.61. The first-order chi connectivity index (χ1) is 13.1. The van der Waals surface area contributed by atoms with Gasteiger partial charge in [0.05, 0.1) is 18.4 Å². The molecule has 27 heavy (non-hydrogen) atoms. The molecule has 6 heteroatoms. The lowest BCUT2D eigenvalue weighted by molar-refractivity contribution is -0.139. The summed E-state index contributed by atoms with van der Waals surface area (Å²) in [5.41, 5.74) is 1.32. The zero-order valence-corrected chi connectivity index (χ0v) is 15.8. The minimum absolute atomic E-state index is 0.0618. The summed E-state index contributed by atoms with van der Waals surface area (Å²) in [5.74, 6) is -0.411. The standard InChI is InChI=1S/C21H26FN3O2/c1-24(2)20(18-8-3-4-9-19(18)22)21(26)25-13-10-17(11-14-25)27-15-16-7-5-6-12-23-16/h3-9,12,17,20H,10-11,13-15H2,1-2H3/t20-/m0/s1. The fraction of sp³-hybridized carbons (Fsp3) is 0.429. The monoisotopic (exact) mass is 371 g/mol. The largest absolute Gasteiger partial charge is 0.372 e. The number of ether oxygens (including phenoxy) is 1. The molecule has 2 aromatic rings. The highest BCUT2D eigenvalue weighted by Gasteiger charge is 2.32. The second-order valence-electron chi connectivity index (χ2n) is 7.04. The van der Waals surface area contributed by atoms with Crippen molar-refractivity contribution in [3.8, 4) is 0 Å². The second kappa shape index (κ2) is 9.06. The number of carbonyl (C=O) groups is 1. The molecular formula is C21H26FN3O2. The number of pyridine rings is 1. The molecule has 3 rings (SSSR count). The summed E-state index contributed by atoms with van der Waals surface area (Å²) in [5, 5.41) is 0. The molecule has 1 atom stereocenters. The maximum absolute atomic E-state index is 14.2. The number of nitrogens with zero attached hydrogens (tertiary/aromatic N) is 3. The molecule has 1 amide bonds. The Labute approximate surface area is 159 Å². The molecule has 0 aliphatic carbocycles. The zero-order chi connectivity index (χ0) is 19.2. The quantitative estimate of drug-likeness (QED) is 0.783. The zero-order valence-electron chi connectivity index (χ0n) is 15.8. The number of amides is 1. The van der Waals surface area contributed by atoms with E-state index in [2.05, 4.69) is 4.98 Å². The van der Waals surface area contributed by atoms with Gasteiger partial charge in [-0.25, -0.2) is 4.39 Å². The Morgan fingerprint density at radius 2 is 1.93 bits per heavy atom. The highest BCUT2D eigenvalue weighted by molar-refractivity contribution is 5.83. The Morgan fingerprint density at radius 3 is 2.56 bits per heavy atom. The first kappa shape index (κ1) is 19.5. The molecule has 1 aliphatic heterocycles. The Balaban J connectivity index is 1.57. The molecule has 0 radical (unpaired) electrons. The van der Waals surface area contributed by atoms with Crippen molar-refractivity contribution >= 4 is 5.91 Å². The third-order valence-electron chi connectivity index (χ3n) is 4.90. The van der Waals surface area contributed by atoms with Crippen LogP contribution in [0.25, 0.3) is 0 Å². The SMILES string of the molecule is CN(C)[C@H](C(=O)N1CCC(OCc2ccccn2)CC1)c1ccccc1F. The van der Waals surface area contributed by atoms with Gasteiger partial charge in [-0.05, 0) is 45.1 Å². The molecule has 5 nitrogen and oxygen atoms in total. The average molecular weight is 371 g/mol. The van der Waals surface area contributed by atoms with Gasteiger partial charge in [-0.1, -0.05) is 24.3 Å². The van der Waals surface area contributed by atoms with E-state index >= 15 is 0 Å². The number of hydrogen-bond donors (Lipinski definition) is 0. The number of likely N-dealkylation sites (N-methyl/N-ethyl adjacent to an activating group) is 1. The number of halogens is 1. The van der Waals surface area contributed by atoms with Crippen LogP contribution in [0.15, 0.2) is 48.7 Å². The average Bonchev–Trinajstić information content (AvgIpc) is 2.69. The number of carbonyl (C=O) groups excluding carboxylic acids is 1. The van der Waals surface area contributed by atoms with Crippen molar-refractivity contribution in [2.45, 2.75) is 31.6 Å². The maximum atomic E-state index is 14.2. The van der Waals surface area contributed by atoms with Crippen LogP contribution in [0.2, 0.25) is 0 Å². The molecule has 1 fully saturated rings. The van der Waals surface area contributed by atoms with E-state index in [1.807, 2.05) is 23.1 Å². The van der Waals surface area contributed by atoms with Crippen LogP contribution in [-0.2, 0) is 16.1 Å². The van der Waals surface area contributed by atoms with Crippen molar-refractivity contribution in [2.24, 2.45) is 0 Å². The van der Waals surface area contributed by atoms with Crippen molar-refractivity contribution in [1.82, 2.24) is 14.8 Å². The van der Waals surface area contributed by atoms with E-state index < -0.39 is 6.04 Å². The van der Waals surface area contributed by atoms with Crippen LogP contribution in [0.4, 0.5) is 4.39 Å². The van der Waals surface area contributed by atoms with E-state index in [0.717, 1.165) is 18.5 Å². The van der Waals surface area contributed by atoms with Crippen LogP contribution in [0.3, 0.4) is 0 Å². The summed E-state index contributed by atoms with van der Waals surface area (Å²) in [6.07, 6.45) is 3.41. The summed E-state index contributed by atoms with van der Waals surface area (Å²) >= 11 is 0. The molecule has 0 spiro atoms. The molecule has 1 saturated heterocycles. The van der Waals surface area contributed by atoms with Crippen LogP contribution in [0.1, 0.15) is 30.1 Å². The molecule has 0 saturated carbocycles. The highest BCUT2D eigenvalue weighted by atomic mass is 19.1. The van der Waals surface area contributed by atoms with Gasteiger partial charge in [0, 0.05) is 24.8 Å². The predicted molar refractivity (Wildman–Crippen MR) is 101 cm³/mol. The van der Waals surface area contributed by atoms with Gasteiger partial charge >= 0.3 is 0 Å². The molecule has 144 valence electrons. The van der Waals surface area contributed by atoms with Gasteiger partial charge in [0.1, 0.15) is 11.9 Å². The Bertz CT molecular complexity index is 746. The van der Waals surface area contributed by atoms with Gasteiger partial charge < -0.3 is 9.64 Å². The number of rotatable bonds is 6. The number of hydrogen-bond acceptors (Lipinski definition) is 4. The minimum atomic E-state index is -0.614. The molecule has 1 aromatic carbocycles. The summed E-state index contributed by atoms with van der Waals surface area (Å²) < 4.78 is 20.2. The normalized spacial score (nSPS) is 16.5. The number of piperidine rings is 1. The van der Waals surface area contributed by atoms with Gasteiger partial charge in [-0.3, -0.25) is 14.7 Å². The van der Waals surface area contributed by atoms with Crippen LogP contribution in [0.5, 0.6) is 0 Å². The molecule has 1 aromatic heterocycles. The molecule has 0 unspecified atom stereocenters. The van der Waals surface area contributed by atoms with Gasteiger partial charge in [-0.15, -0.1) is 0 Å². The smallest absolute Gasteiger partial charge is 0.244 e. The topological polar surface area (TPSA) is 45.7 Å². The fourth-order valence-electron chi connectivity index (χ4n) is 3.43. The van der Waals surface area contributed by atoms with E-state index in [0.29, 0.717) is 25.3 Å². The van der Waals surface area contributed by atoms with E-state index in [4.69, 9.17) is 4.74 Å². The van der Waals surface area contributed by atoms with Crippen molar-refractivity contribution in [3.05, 3.63) is 65.7 Å². The molecule has 0 bridgehead atoms. The lowest BCUT2D eigenvalue weighted by atomic mass is 10.0. The third kappa shape index (κ3) is 4.90. The van der Waals surface area contributed by atoms with E-state index in [1.165, 1.54) is 6.07 Å².